The molecule has 1 heterocycles. The van der Waals surface area contributed by atoms with E-state index in [1.165, 1.54) is 16.7 Å². The van der Waals surface area contributed by atoms with Gasteiger partial charge in [0.2, 0.25) is 0 Å². The lowest BCUT2D eigenvalue weighted by molar-refractivity contribution is 0.0661. The van der Waals surface area contributed by atoms with Crippen molar-refractivity contribution in [2.24, 2.45) is 0 Å². The van der Waals surface area contributed by atoms with Gasteiger partial charge in [-0.25, -0.2) is 0 Å². The molecule has 2 heteroatoms. The lowest BCUT2D eigenvalue weighted by atomic mass is 9.86. The third kappa shape index (κ3) is 2.47. The van der Waals surface area contributed by atoms with E-state index in [2.05, 4.69) is 52.1 Å². The van der Waals surface area contributed by atoms with Crippen LogP contribution in [0.15, 0.2) is 12.1 Å². The van der Waals surface area contributed by atoms with Crippen molar-refractivity contribution >= 4 is 0 Å². The number of nitrogens with one attached hydrogen (secondary N) is 1. The Balaban J connectivity index is 2.48. The highest BCUT2D eigenvalue weighted by Gasteiger charge is 2.34. The molecule has 1 aromatic rings. The van der Waals surface area contributed by atoms with Crippen LogP contribution in [-0.4, -0.2) is 12.1 Å². The summed E-state index contributed by atoms with van der Waals surface area (Å²) in [6.45, 7) is 11.8. The molecule has 17 heavy (non-hydrogen) atoms. The average molecular weight is 233 g/mol. The zero-order chi connectivity index (χ0) is 12.6. The maximum atomic E-state index is 6.12. The molecule has 2 nitrogen and oxygen atoms in total. The molecule has 94 valence electrons. The summed E-state index contributed by atoms with van der Waals surface area (Å²) >= 11 is 0. The molecule has 0 saturated carbocycles. The summed E-state index contributed by atoms with van der Waals surface area (Å²) in [5, 5.41) is 3.58. The van der Waals surface area contributed by atoms with Gasteiger partial charge < -0.3 is 10.1 Å². The first-order valence-electron chi connectivity index (χ1n) is 6.46. The fourth-order valence-corrected chi connectivity index (χ4v) is 2.82. The topological polar surface area (TPSA) is 21.3 Å². The van der Waals surface area contributed by atoms with E-state index in [0.29, 0.717) is 6.04 Å². The molecule has 0 aromatic heterocycles. The molecular weight excluding hydrogens is 210 g/mol. The van der Waals surface area contributed by atoms with Gasteiger partial charge in [0.05, 0.1) is 0 Å². The molecule has 0 amide bonds. The summed E-state index contributed by atoms with van der Waals surface area (Å²) in [5.74, 6) is 1.06. The Hall–Kier alpha value is -1.02. The highest BCUT2D eigenvalue weighted by Crippen LogP contribution is 2.41. The van der Waals surface area contributed by atoms with E-state index in [-0.39, 0.29) is 5.60 Å². The molecule has 0 aliphatic carbocycles. The highest BCUT2D eigenvalue weighted by atomic mass is 16.5. The number of ether oxygens (including phenoxy) is 1. The number of rotatable bonds is 2. The van der Waals surface area contributed by atoms with Crippen LogP contribution < -0.4 is 10.1 Å². The van der Waals surface area contributed by atoms with Crippen molar-refractivity contribution in [1.82, 2.24) is 5.32 Å². The van der Waals surface area contributed by atoms with Crippen LogP contribution in [0.1, 0.15) is 49.9 Å². The van der Waals surface area contributed by atoms with Crippen LogP contribution >= 0.6 is 0 Å². The zero-order valence-corrected chi connectivity index (χ0v) is 11.6. The molecule has 1 atom stereocenters. The molecule has 1 aliphatic heterocycles. The van der Waals surface area contributed by atoms with Crippen molar-refractivity contribution in [3.8, 4) is 5.75 Å². The monoisotopic (exact) mass is 233 g/mol. The van der Waals surface area contributed by atoms with Crippen molar-refractivity contribution in [1.29, 1.82) is 0 Å². The van der Waals surface area contributed by atoms with Gasteiger partial charge in [0, 0.05) is 18.0 Å². The normalized spacial score (nSPS) is 21.8. The summed E-state index contributed by atoms with van der Waals surface area (Å²) in [6, 6.07) is 4.82. The number of fused-ring (bicyclic) bond motifs is 1. The molecule has 1 unspecified atom stereocenters. The number of benzene rings is 1. The smallest absolute Gasteiger partial charge is 0.125 e. The van der Waals surface area contributed by atoms with Crippen molar-refractivity contribution in [3.63, 3.8) is 0 Å². The first-order valence-corrected chi connectivity index (χ1v) is 6.46. The van der Waals surface area contributed by atoms with Gasteiger partial charge in [-0.2, -0.15) is 0 Å². The average Bonchev–Trinajstić information content (AvgIpc) is 2.13. The van der Waals surface area contributed by atoms with Crippen LogP contribution in [0.2, 0.25) is 0 Å². The van der Waals surface area contributed by atoms with E-state index in [1.807, 2.05) is 0 Å². The van der Waals surface area contributed by atoms with Crippen molar-refractivity contribution in [3.05, 3.63) is 28.8 Å². The standard InChI is InChI=1S/C15H23NO/c1-6-16-12-9-15(4,5)17-13-8-10(2)7-11(3)14(12)13/h7-8,12,16H,6,9H2,1-5H3. The lowest BCUT2D eigenvalue weighted by Gasteiger charge is -2.39. The van der Waals surface area contributed by atoms with Gasteiger partial charge in [-0.3, -0.25) is 0 Å². The minimum Gasteiger partial charge on any atom is -0.487 e. The van der Waals surface area contributed by atoms with Gasteiger partial charge in [-0.15, -0.1) is 0 Å². The summed E-state index contributed by atoms with van der Waals surface area (Å²) < 4.78 is 6.12. The molecule has 2 rings (SSSR count). The maximum Gasteiger partial charge on any atom is 0.125 e. The summed E-state index contributed by atoms with van der Waals surface area (Å²) in [7, 11) is 0. The lowest BCUT2D eigenvalue weighted by Crippen LogP contribution is -2.39. The van der Waals surface area contributed by atoms with Crippen molar-refractivity contribution in [2.45, 2.75) is 52.7 Å². The fourth-order valence-electron chi connectivity index (χ4n) is 2.82. The van der Waals surface area contributed by atoms with Gasteiger partial charge in [0.1, 0.15) is 11.4 Å². The molecule has 0 bridgehead atoms. The molecule has 1 aromatic carbocycles. The van der Waals surface area contributed by atoms with Gasteiger partial charge in [0.25, 0.3) is 0 Å². The van der Waals surface area contributed by atoms with Crippen LogP contribution in [0.3, 0.4) is 0 Å². The van der Waals surface area contributed by atoms with Gasteiger partial charge in [-0.1, -0.05) is 13.0 Å². The second kappa shape index (κ2) is 4.34. The Morgan fingerprint density at radius 2 is 2.06 bits per heavy atom. The van der Waals surface area contributed by atoms with E-state index in [0.717, 1.165) is 18.7 Å². The third-order valence-corrected chi connectivity index (χ3v) is 3.37. The largest absolute Gasteiger partial charge is 0.487 e. The Morgan fingerprint density at radius 3 is 2.71 bits per heavy atom. The van der Waals surface area contributed by atoms with Crippen LogP contribution in [0.5, 0.6) is 5.75 Å². The third-order valence-electron chi connectivity index (χ3n) is 3.37. The number of aryl methyl sites for hydroxylation is 2. The quantitative estimate of drug-likeness (QED) is 0.844. The van der Waals surface area contributed by atoms with E-state index < -0.39 is 0 Å². The minimum absolute atomic E-state index is 0.0833. The Kier molecular flexibility index (Phi) is 3.17. The zero-order valence-electron chi connectivity index (χ0n) is 11.6. The Labute approximate surface area is 104 Å². The van der Waals surface area contributed by atoms with E-state index in [4.69, 9.17) is 4.74 Å². The minimum atomic E-state index is -0.0833. The van der Waals surface area contributed by atoms with Crippen LogP contribution in [0.4, 0.5) is 0 Å². The van der Waals surface area contributed by atoms with E-state index >= 15 is 0 Å². The predicted octanol–water partition coefficient (Wildman–Crippen LogP) is 3.52. The van der Waals surface area contributed by atoms with Crippen LogP contribution in [0, 0.1) is 13.8 Å². The van der Waals surface area contributed by atoms with E-state index in [1.54, 1.807) is 0 Å². The predicted molar refractivity (Wildman–Crippen MR) is 71.7 cm³/mol. The van der Waals surface area contributed by atoms with Crippen molar-refractivity contribution < 1.29 is 4.74 Å². The first-order chi connectivity index (χ1) is 7.93. The van der Waals surface area contributed by atoms with Crippen molar-refractivity contribution in [2.75, 3.05) is 6.54 Å². The van der Waals surface area contributed by atoms with Crippen LogP contribution in [-0.2, 0) is 0 Å². The number of hydrogen-bond acceptors (Lipinski definition) is 2. The number of hydrogen-bond donors (Lipinski definition) is 1. The summed E-state index contributed by atoms with van der Waals surface area (Å²) in [4.78, 5) is 0. The highest BCUT2D eigenvalue weighted by molar-refractivity contribution is 5.46. The van der Waals surface area contributed by atoms with Gasteiger partial charge >= 0.3 is 0 Å². The first kappa shape index (κ1) is 12.4. The Morgan fingerprint density at radius 1 is 1.35 bits per heavy atom. The SMILES string of the molecule is CCNC1CC(C)(C)Oc2cc(C)cc(C)c21. The second-order valence-corrected chi connectivity index (χ2v) is 5.67. The Bertz CT molecular complexity index is 423. The van der Waals surface area contributed by atoms with E-state index in [9.17, 15) is 0 Å². The van der Waals surface area contributed by atoms with Gasteiger partial charge in [-0.05, 0) is 51.4 Å². The maximum absolute atomic E-state index is 6.12. The van der Waals surface area contributed by atoms with Crippen LogP contribution in [0.25, 0.3) is 0 Å². The summed E-state index contributed by atoms with van der Waals surface area (Å²) in [6.07, 6.45) is 1.03. The summed E-state index contributed by atoms with van der Waals surface area (Å²) in [5.41, 5.74) is 3.87. The molecule has 0 fully saturated rings. The molecule has 1 N–H and O–H groups in total. The molecule has 1 aliphatic rings. The fraction of sp³-hybridized carbons (Fsp3) is 0.600. The molecular formula is C15H23NO. The molecule has 0 radical (unpaired) electrons. The molecule has 0 spiro atoms. The van der Waals surface area contributed by atoms with Gasteiger partial charge in [0.15, 0.2) is 0 Å². The molecule has 0 saturated heterocycles. The second-order valence-electron chi connectivity index (χ2n) is 5.67.